The van der Waals surface area contributed by atoms with Crippen molar-refractivity contribution in [3.8, 4) is 5.75 Å². The number of hydrogen-bond acceptors (Lipinski definition) is 5. The van der Waals surface area contributed by atoms with E-state index in [1.165, 1.54) is 5.56 Å². The molecule has 0 bridgehead atoms. The molecule has 0 fully saturated rings. The van der Waals surface area contributed by atoms with Crippen LogP contribution in [0.2, 0.25) is 0 Å². The van der Waals surface area contributed by atoms with E-state index in [0.717, 1.165) is 42.6 Å². The van der Waals surface area contributed by atoms with E-state index in [4.69, 9.17) is 4.74 Å². The molecule has 0 aliphatic carbocycles. The zero-order valence-corrected chi connectivity index (χ0v) is 13.5. The number of nitrogens with zero attached hydrogens (tertiary/aromatic N) is 2. The van der Waals surface area contributed by atoms with E-state index in [-0.39, 0.29) is 7.43 Å². The quantitative estimate of drug-likeness (QED) is 0.826. The molecule has 1 heterocycles. The molecule has 0 amide bonds. The summed E-state index contributed by atoms with van der Waals surface area (Å²) < 4.78 is 5.35. The molecular weight excluding hydrogens is 300 g/mol. The van der Waals surface area contributed by atoms with Crippen LogP contribution < -0.4 is 20.5 Å². The van der Waals surface area contributed by atoms with Gasteiger partial charge < -0.3 is 10.1 Å². The third-order valence-corrected chi connectivity index (χ3v) is 3.81. The predicted octanol–water partition coefficient (Wildman–Crippen LogP) is 3.50. The lowest BCUT2D eigenvalue weighted by atomic mass is 10.1. The van der Waals surface area contributed by atoms with Gasteiger partial charge in [0.25, 0.3) is 0 Å². The van der Waals surface area contributed by atoms with Gasteiger partial charge in [-0.3, -0.25) is 15.4 Å². The van der Waals surface area contributed by atoms with Crippen LogP contribution in [0.25, 0.3) is 0 Å². The normalized spacial score (nSPS) is 12.7. The average molecular weight is 326 g/mol. The summed E-state index contributed by atoms with van der Waals surface area (Å²) in [5.74, 6) is 1.60. The van der Waals surface area contributed by atoms with E-state index < -0.39 is 0 Å². The Balaban J connectivity index is 0.00000208. The largest absolute Gasteiger partial charge is 0.497 e. The van der Waals surface area contributed by atoms with Crippen LogP contribution in [0.4, 0.5) is 11.4 Å². The van der Waals surface area contributed by atoms with Gasteiger partial charge in [-0.1, -0.05) is 32.5 Å². The highest BCUT2D eigenvalue weighted by molar-refractivity contribution is 5.85. The molecular formula is C19H26N4O. The molecule has 128 valence electrons. The third-order valence-electron chi connectivity index (χ3n) is 3.81. The van der Waals surface area contributed by atoms with Crippen molar-refractivity contribution < 1.29 is 4.74 Å². The van der Waals surface area contributed by atoms with E-state index in [1.54, 1.807) is 7.11 Å². The number of hydrazine groups is 1. The molecule has 0 saturated heterocycles. The maximum absolute atomic E-state index is 5.35. The van der Waals surface area contributed by atoms with E-state index >= 15 is 0 Å². The van der Waals surface area contributed by atoms with Crippen molar-refractivity contribution >= 4 is 17.3 Å². The van der Waals surface area contributed by atoms with Crippen LogP contribution in [-0.4, -0.2) is 26.2 Å². The number of ether oxygens (including phenoxy) is 1. The topological polar surface area (TPSA) is 48.9 Å². The van der Waals surface area contributed by atoms with Crippen molar-refractivity contribution in [2.75, 3.05) is 25.2 Å². The molecule has 2 N–H and O–H groups in total. The molecule has 24 heavy (non-hydrogen) atoms. The Morgan fingerprint density at radius 1 is 1.17 bits per heavy atom. The van der Waals surface area contributed by atoms with Gasteiger partial charge in [-0.25, -0.2) is 0 Å². The van der Waals surface area contributed by atoms with Crippen molar-refractivity contribution in [2.45, 2.75) is 20.8 Å². The summed E-state index contributed by atoms with van der Waals surface area (Å²) in [5, 5.41) is 5.26. The highest BCUT2D eigenvalue weighted by Gasteiger charge is 2.14. The van der Waals surface area contributed by atoms with E-state index in [0.29, 0.717) is 0 Å². The minimum atomic E-state index is 0. The van der Waals surface area contributed by atoms with Crippen LogP contribution in [0.1, 0.15) is 19.9 Å². The van der Waals surface area contributed by atoms with Crippen LogP contribution in [0.15, 0.2) is 53.5 Å². The highest BCUT2D eigenvalue weighted by atomic mass is 16.5. The summed E-state index contributed by atoms with van der Waals surface area (Å²) in [4.78, 5) is 4.42. The highest BCUT2D eigenvalue weighted by Crippen LogP contribution is 2.27. The number of guanidine groups is 1. The molecule has 3 rings (SSSR count). The molecule has 0 saturated carbocycles. The zero-order chi connectivity index (χ0) is 16.1. The molecule has 0 atom stereocenters. The monoisotopic (exact) mass is 326 g/mol. The molecule has 1 aliphatic rings. The minimum Gasteiger partial charge on any atom is -0.497 e. The number of aliphatic imine (C=N–C) groups is 1. The van der Waals surface area contributed by atoms with Gasteiger partial charge in [0.2, 0.25) is 5.96 Å². The second-order valence-electron chi connectivity index (χ2n) is 5.33. The van der Waals surface area contributed by atoms with Gasteiger partial charge >= 0.3 is 0 Å². The Kier molecular flexibility index (Phi) is 6.07. The Bertz CT molecular complexity index is 682. The van der Waals surface area contributed by atoms with E-state index in [1.807, 2.05) is 29.3 Å². The first-order chi connectivity index (χ1) is 11.3. The summed E-state index contributed by atoms with van der Waals surface area (Å²) in [6.45, 7) is 3.82. The minimum absolute atomic E-state index is 0. The van der Waals surface area contributed by atoms with Crippen molar-refractivity contribution in [1.29, 1.82) is 0 Å². The van der Waals surface area contributed by atoms with Crippen LogP contribution in [0.3, 0.4) is 0 Å². The lowest BCUT2D eigenvalue weighted by Crippen LogP contribution is -2.44. The van der Waals surface area contributed by atoms with Gasteiger partial charge in [0.05, 0.1) is 25.0 Å². The maximum Gasteiger partial charge on any atom is 0.210 e. The smallest absolute Gasteiger partial charge is 0.210 e. The van der Waals surface area contributed by atoms with Crippen molar-refractivity contribution in [3.63, 3.8) is 0 Å². The Labute approximate surface area is 144 Å². The molecule has 0 spiro atoms. The van der Waals surface area contributed by atoms with Gasteiger partial charge in [-0.05, 0) is 36.2 Å². The molecule has 5 nitrogen and oxygen atoms in total. The Morgan fingerprint density at radius 2 is 1.96 bits per heavy atom. The lowest BCUT2D eigenvalue weighted by Gasteiger charge is -2.27. The van der Waals surface area contributed by atoms with Crippen molar-refractivity contribution in [1.82, 2.24) is 10.7 Å². The number of nitrogens with one attached hydrogen (secondary N) is 2. The summed E-state index contributed by atoms with van der Waals surface area (Å²) in [6, 6.07) is 16.5. The second kappa shape index (κ2) is 8.24. The summed E-state index contributed by atoms with van der Waals surface area (Å²) in [7, 11) is 1.68. The molecule has 2 aromatic carbocycles. The lowest BCUT2D eigenvalue weighted by molar-refractivity contribution is 0.415. The van der Waals surface area contributed by atoms with Gasteiger partial charge in [-0.15, -0.1) is 0 Å². The van der Waals surface area contributed by atoms with Gasteiger partial charge in [0.1, 0.15) is 5.75 Å². The number of hydrogen-bond donors (Lipinski definition) is 2. The molecule has 0 aromatic heterocycles. The third kappa shape index (κ3) is 3.98. The summed E-state index contributed by atoms with van der Waals surface area (Å²) >= 11 is 0. The molecule has 0 unspecified atom stereocenters. The fraction of sp³-hybridized carbons (Fsp3) is 0.316. The van der Waals surface area contributed by atoms with Crippen LogP contribution >= 0.6 is 0 Å². The zero-order valence-electron chi connectivity index (χ0n) is 13.5. The van der Waals surface area contributed by atoms with Crippen molar-refractivity contribution in [2.24, 2.45) is 4.99 Å². The van der Waals surface area contributed by atoms with E-state index in [2.05, 4.69) is 46.9 Å². The molecule has 2 aromatic rings. The number of methoxy groups -OCH3 is 1. The fourth-order valence-electron chi connectivity index (χ4n) is 2.49. The first-order valence-electron chi connectivity index (χ1n) is 7.88. The first-order valence-corrected chi connectivity index (χ1v) is 7.88. The summed E-state index contributed by atoms with van der Waals surface area (Å²) in [5.41, 5.74) is 6.71. The summed E-state index contributed by atoms with van der Waals surface area (Å²) in [6.07, 6.45) is 1.03. The van der Waals surface area contributed by atoms with Crippen LogP contribution in [0, 0.1) is 0 Å². The SMILES string of the molecule is C.CCc1ccc(N(NC2=NCCN2)c2cccc(OC)c2)cc1. The molecule has 5 heteroatoms. The first kappa shape index (κ1) is 17.7. The van der Waals surface area contributed by atoms with Crippen molar-refractivity contribution in [3.05, 3.63) is 54.1 Å². The maximum atomic E-state index is 5.35. The predicted molar refractivity (Wildman–Crippen MR) is 101 cm³/mol. The molecule has 1 aliphatic heterocycles. The van der Waals surface area contributed by atoms with Crippen LogP contribution in [0.5, 0.6) is 5.75 Å². The fourth-order valence-corrected chi connectivity index (χ4v) is 2.49. The number of aryl methyl sites for hydroxylation is 1. The Hall–Kier alpha value is -2.69. The van der Waals surface area contributed by atoms with Gasteiger partial charge in [0, 0.05) is 12.6 Å². The van der Waals surface area contributed by atoms with E-state index in [9.17, 15) is 0 Å². The molecule has 0 radical (unpaired) electrons. The standard InChI is InChI=1S/C18H22N4O.CH4/c1-3-14-7-9-15(10-8-14)22(21-18-19-11-12-20-18)16-5-4-6-17(13-16)23-2;/h4-10,13H,3,11-12H2,1-2H3,(H2,19,20,21);1H4. The number of anilines is 2. The van der Waals surface area contributed by atoms with Gasteiger partial charge in [0.15, 0.2) is 0 Å². The number of rotatable bonds is 5. The number of benzene rings is 2. The average Bonchev–Trinajstić information content (AvgIpc) is 3.13. The Morgan fingerprint density at radius 3 is 2.58 bits per heavy atom. The van der Waals surface area contributed by atoms with Crippen LogP contribution in [-0.2, 0) is 6.42 Å². The second-order valence-corrected chi connectivity index (χ2v) is 5.33. The van der Waals surface area contributed by atoms with Gasteiger partial charge in [-0.2, -0.15) is 0 Å².